The van der Waals surface area contributed by atoms with Gasteiger partial charge in [0, 0.05) is 12.0 Å². The van der Waals surface area contributed by atoms with Gasteiger partial charge in [0.05, 0.1) is 0 Å². The van der Waals surface area contributed by atoms with Crippen LogP contribution in [-0.4, -0.2) is 5.60 Å². The first-order valence-electron chi connectivity index (χ1n) is 5.02. The highest BCUT2D eigenvalue weighted by Crippen LogP contribution is 2.38. The van der Waals surface area contributed by atoms with Gasteiger partial charge in [-0.1, -0.05) is 6.92 Å². The van der Waals surface area contributed by atoms with Crippen LogP contribution < -0.4 is 4.74 Å². The summed E-state index contributed by atoms with van der Waals surface area (Å²) in [6, 6.07) is 3.16. The lowest BCUT2D eigenvalue weighted by molar-refractivity contribution is 0.137. The van der Waals surface area contributed by atoms with Crippen molar-refractivity contribution >= 4 is 0 Å². The van der Waals surface area contributed by atoms with Crippen LogP contribution in [0.25, 0.3) is 0 Å². The molecule has 1 heterocycles. The molecule has 1 nitrogen and oxygen atoms in total. The quantitative estimate of drug-likeness (QED) is 0.667. The van der Waals surface area contributed by atoms with Crippen molar-refractivity contribution in [1.82, 2.24) is 0 Å². The van der Waals surface area contributed by atoms with Gasteiger partial charge in [0.15, 0.2) is 0 Å². The van der Waals surface area contributed by atoms with E-state index in [1.54, 1.807) is 12.1 Å². The van der Waals surface area contributed by atoms with E-state index in [1.165, 1.54) is 0 Å². The molecule has 2 rings (SSSR count). The first-order chi connectivity index (χ1) is 6.52. The molecule has 1 aliphatic heterocycles. The lowest BCUT2D eigenvalue weighted by atomic mass is 10.00. The van der Waals surface area contributed by atoms with Crippen molar-refractivity contribution in [3.05, 3.63) is 29.1 Å². The number of benzene rings is 1. The molecule has 0 N–H and O–H groups in total. The minimum atomic E-state index is -0.181. The average Bonchev–Trinajstić information content (AvgIpc) is 2.37. The maximum Gasteiger partial charge on any atom is 0.126 e. The third-order valence-electron chi connectivity index (χ3n) is 2.58. The summed E-state index contributed by atoms with van der Waals surface area (Å²) in [6.45, 7) is 6.08. The van der Waals surface area contributed by atoms with Crippen molar-refractivity contribution in [1.29, 1.82) is 0 Å². The molecule has 0 amide bonds. The topological polar surface area (TPSA) is 9.23 Å². The third-order valence-corrected chi connectivity index (χ3v) is 2.58. The number of halogens is 1. The smallest absolute Gasteiger partial charge is 0.126 e. The molecular formula is C12H15FO. The predicted octanol–water partition coefficient (Wildman–Crippen LogP) is 3.10. The monoisotopic (exact) mass is 194 g/mol. The molecule has 0 atom stereocenters. The lowest BCUT2D eigenvalue weighted by Crippen LogP contribution is -2.24. The van der Waals surface area contributed by atoms with Crippen LogP contribution in [-0.2, 0) is 12.8 Å². The van der Waals surface area contributed by atoms with Crippen molar-refractivity contribution in [2.75, 3.05) is 0 Å². The first-order valence-corrected chi connectivity index (χ1v) is 5.02. The molecule has 0 spiro atoms. The Balaban J connectivity index is 2.50. The van der Waals surface area contributed by atoms with Gasteiger partial charge in [-0.15, -0.1) is 0 Å². The molecule has 2 heteroatoms. The van der Waals surface area contributed by atoms with E-state index >= 15 is 0 Å². The van der Waals surface area contributed by atoms with E-state index in [-0.39, 0.29) is 11.4 Å². The van der Waals surface area contributed by atoms with Gasteiger partial charge in [-0.2, -0.15) is 0 Å². The molecule has 14 heavy (non-hydrogen) atoms. The van der Waals surface area contributed by atoms with Gasteiger partial charge >= 0.3 is 0 Å². The molecule has 0 aliphatic carbocycles. The SMILES string of the molecule is CCc1cc(F)cc2c1OC(C)(C)C2. The maximum atomic E-state index is 13.2. The third kappa shape index (κ3) is 1.49. The van der Waals surface area contributed by atoms with Crippen molar-refractivity contribution in [2.24, 2.45) is 0 Å². The molecule has 0 fully saturated rings. The summed E-state index contributed by atoms with van der Waals surface area (Å²) >= 11 is 0. The summed E-state index contributed by atoms with van der Waals surface area (Å²) in [6.07, 6.45) is 1.61. The fourth-order valence-corrected chi connectivity index (χ4v) is 2.01. The van der Waals surface area contributed by atoms with Crippen molar-refractivity contribution < 1.29 is 9.13 Å². The van der Waals surface area contributed by atoms with Crippen LogP contribution in [0.15, 0.2) is 12.1 Å². The van der Waals surface area contributed by atoms with Crippen LogP contribution >= 0.6 is 0 Å². The molecule has 0 unspecified atom stereocenters. The second-order valence-electron chi connectivity index (χ2n) is 4.45. The molecule has 1 aromatic carbocycles. The minimum Gasteiger partial charge on any atom is -0.487 e. The number of rotatable bonds is 1. The average molecular weight is 194 g/mol. The zero-order chi connectivity index (χ0) is 10.3. The molecular weight excluding hydrogens is 179 g/mol. The molecule has 0 saturated heterocycles. The Morgan fingerprint density at radius 3 is 2.79 bits per heavy atom. The van der Waals surface area contributed by atoms with E-state index in [0.717, 1.165) is 29.7 Å². The second-order valence-corrected chi connectivity index (χ2v) is 4.45. The summed E-state index contributed by atoms with van der Waals surface area (Å²) in [5.74, 6) is 0.751. The van der Waals surface area contributed by atoms with E-state index in [0.29, 0.717) is 0 Å². The summed E-state index contributed by atoms with van der Waals surface area (Å²) in [4.78, 5) is 0. The Hall–Kier alpha value is -1.05. The van der Waals surface area contributed by atoms with E-state index in [4.69, 9.17) is 4.74 Å². The number of hydrogen-bond donors (Lipinski definition) is 0. The van der Waals surface area contributed by atoms with Gasteiger partial charge in [-0.3, -0.25) is 0 Å². The molecule has 0 saturated carbocycles. The predicted molar refractivity (Wildman–Crippen MR) is 54.2 cm³/mol. The van der Waals surface area contributed by atoms with E-state index < -0.39 is 0 Å². The zero-order valence-electron chi connectivity index (χ0n) is 8.86. The number of hydrogen-bond acceptors (Lipinski definition) is 1. The van der Waals surface area contributed by atoms with Crippen LogP contribution in [0.4, 0.5) is 4.39 Å². The van der Waals surface area contributed by atoms with Crippen LogP contribution in [0.3, 0.4) is 0 Å². The van der Waals surface area contributed by atoms with Crippen LogP contribution in [0.1, 0.15) is 31.9 Å². The fourth-order valence-electron chi connectivity index (χ4n) is 2.01. The largest absolute Gasteiger partial charge is 0.487 e. The zero-order valence-corrected chi connectivity index (χ0v) is 8.86. The van der Waals surface area contributed by atoms with Gasteiger partial charge in [-0.25, -0.2) is 4.39 Å². The number of fused-ring (bicyclic) bond motifs is 1. The van der Waals surface area contributed by atoms with Gasteiger partial charge in [-0.05, 0) is 38.0 Å². The highest BCUT2D eigenvalue weighted by molar-refractivity contribution is 5.46. The number of ether oxygens (including phenoxy) is 1. The summed E-state index contributed by atoms with van der Waals surface area (Å²) in [7, 11) is 0. The molecule has 76 valence electrons. The van der Waals surface area contributed by atoms with Crippen LogP contribution in [0.5, 0.6) is 5.75 Å². The summed E-state index contributed by atoms with van der Waals surface area (Å²) in [5.41, 5.74) is 1.80. The Morgan fingerprint density at radius 2 is 2.14 bits per heavy atom. The molecule has 0 aromatic heterocycles. The van der Waals surface area contributed by atoms with E-state index in [9.17, 15) is 4.39 Å². The molecule has 1 aliphatic rings. The normalized spacial score (nSPS) is 17.7. The molecule has 0 bridgehead atoms. The Kier molecular flexibility index (Phi) is 2.02. The maximum absolute atomic E-state index is 13.2. The van der Waals surface area contributed by atoms with Crippen molar-refractivity contribution in [2.45, 2.75) is 39.2 Å². The Labute approximate surface area is 83.9 Å². The second kappa shape index (κ2) is 2.97. The van der Waals surface area contributed by atoms with Crippen LogP contribution in [0, 0.1) is 5.82 Å². The van der Waals surface area contributed by atoms with Gasteiger partial charge < -0.3 is 4.74 Å². The standard InChI is InChI=1S/C12H15FO/c1-4-8-5-10(13)6-9-7-12(2,3)14-11(8)9/h5-6H,4,7H2,1-3H3. The molecule has 1 aromatic rings. The summed E-state index contributed by atoms with van der Waals surface area (Å²) < 4.78 is 19.0. The first kappa shape index (κ1) is 9.50. The summed E-state index contributed by atoms with van der Waals surface area (Å²) in [5, 5.41) is 0. The van der Waals surface area contributed by atoms with E-state index in [1.807, 2.05) is 20.8 Å². The fraction of sp³-hybridized carbons (Fsp3) is 0.500. The van der Waals surface area contributed by atoms with E-state index in [2.05, 4.69) is 0 Å². The van der Waals surface area contributed by atoms with Gasteiger partial charge in [0.25, 0.3) is 0 Å². The Bertz CT molecular complexity index is 369. The minimum absolute atomic E-state index is 0.151. The van der Waals surface area contributed by atoms with Crippen LogP contribution in [0.2, 0.25) is 0 Å². The van der Waals surface area contributed by atoms with Crippen molar-refractivity contribution in [3.63, 3.8) is 0 Å². The number of aryl methyl sites for hydroxylation is 1. The van der Waals surface area contributed by atoms with Gasteiger partial charge in [0.1, 0.15) is 17.2 Å². The lowest BCUT2D eigenvalue weighted by Gasteiger charge is -2.17. The Morgan fingerprint density at radius 1 is 1.43 bits per heavy atom. The van der Waals surface area contributed by atoms with Crippen molar-refractivity contribution in [3.8, 4) is 5.75 Å². The highest BCUT2D eigenvalue weighted by Gasteiger charge is 2.31. The highest BCUT2D eigenvalue weighted by atomic mass is 19.1. The molecule has 0 radical (unpaired) electrons. The van der Waals surface area contributed by atoms with Gasteiger partial charge in [0.2, 0.25) is 0 Å².